The Morgan fingerprint density at radius 2 is 1.67 bits per heavy atom. The van der Waals surface area contributed by atoms with Crippen molar-refractivity contribution in [3.8, 4) is 0 Å². The highest BCUT2D eigenvalue weighted by Gasteiger charge is 2.26. The molecule has 18 heavy (non-hydrogen) atoms. The highest BCUT2D eigenvalue weighted by Crippen LogP contribution is 2.26. The summed E-state index contributed by atoms with van der Waals surface area (Å²) in [5.74, 6) is 0. The maximum absolute atomic E-state index is 10.1. The molecule has 1 atom stereocenters. The molecule has 0 radical (unpaired) electrons. The summed E-state index contributed by atoms with van der Waals surface area (Å²) >= 11 is 0. The summed E-state index contributed by atoms with van der Waals surface area (Å²) in [6.07, 6.45) is 3.43. The standard InChI is InChI=1S/C15H32N2O/c1-14(2,3)12-15(4,5)16-10-13(18)11-17-8-6-7-9-17/h13,16,18H,6-12H2,1-5H3. The molecule has 1 unspecified atom stereocenters. The molecule has 0 aromatic carbocycles. The molecule has 0 amide bonds. The zero-order chi connectivity index (χ0) is 13.8. The monoisotopic (exact) mass is 256 g/mol. The Balaban J connectivity index is 2.25. The maximum atomic E-state index is 10.1. The molecule has 1 rings (SSSR count). The normalized spacial score (nSPS) is 20.3. The fourth-order valence-corrected chi connectivity index (χ4v) is 3.11. The van der Waals surface area contributed by atoms with Crippen molar-refractivity contribution in [2.75, 3.05) is 26.2 Å². The average molecular weight is 256 g/mol. The molecule has 0 aromatic rings. The molecular weight excluding hydrogens is 224 g/mol. The van der Waals surface area contributed by atoms with Gasteiger partial charge in [0.15, 0.2) is 0 Å². The molecule has 108 valence electrons. The van der Waals surface area contributed by atoms with E-state index in [1.165, 1.54) is 12.8 Å². The van der Waals surface area contributed by atoms with Gasteiger partial charge in [-0.15, -0.1) is 0 Å². The molecule has 3 nitrogen and oxygen atoms in total. The van der Waals surface area contributed by atoms with Crippen molar-refractivity contribution in [1.29, 1.82) is 0 Å². The first-order valence-corrected chi connectivity index (χ1v) is 7.33. The van der Waals surface area contributed by atoms with Crippen molar-refractivity contribution >= 4 is 0 Å². The van der Waals surface area contributed by atoms with Gasteiger partial charge in [0.2, 0.25) is 0 Å². The van der Waals surface area contributed by atoms with Gasteiger partial charge in [-0.25, -0.2) is 0 Å². The van der Waals surface area contributed by atoms with Crippen LogP contribution in [0.5, 0.6) is 0 Å². The van der Waals surface area contributed by atoms with Crippen molar-refractivity contribution in [3.05, 3.63) is 0 Å². The van der Waals surface area contributed by atoms with Crippen LogP contribution in [0.4, 0.5) is 0 Å². The third-order valence-electron chi connectivity index (χ3n) is 3.46. The minimum atomic E-state index is -0.248. The van der Waals surface area contributed by atoms with Crippen LogP contribution in [0, 0.1) is 5.41 Å². The first kappa shape index (κ1) is 15.9. The smallest absolute Gasteiger partial charge is 0.0791 e. The largest absolute Gasteiger partial charge is 0.390 e. The number of hydrogen-bond donors (Lipinski definition) is 2. The van der Waals surface area contributed by atoms with Gasteiger partial charge in [0.05, 0.1) is 6.10 Å². The van der Waals surface area contributed by atoms with E-state index in [2.05, 4.69) is 44.8 Å². The molecule has 1 fully saturated rings. The number of rotatable bonds is 6. The minimum Gasteiger partial charge on any atom is -0.390 e. The fourth-order valence-electron chi connectivity index (χ4n) is 3.11. The van der Waals surface area contributed by atoms with E-state index in [4.69, 9.17) is 0 Å². The lowest BCUT2D eigenvalue weighted by molar-refractivity contribution is 0.109. The van der Waals surface area contributed by atoms with Crippen LogP contribution in [0.25, 0.3) is 0 Å². The molecule has 2 N–H and O–H groups in total. The summed E-state index contributed by atoms with van der Waals surface area (Å²) in [4.78, 5) is 2.36. The Bertz CT molecular complexity index is 239. The van der Waals surface area contributed by atoms with E-state index in [9.17, 15) is 5.11 Å². The summed E-state index contributed by atoms with van der Waals surface area (Å²) in [5.41, 5.74) is 0.403. The lowest BCUT2D eigenvalue weighted by atomic mass is 9.82. The van der Waals surface area contributed by atoms with Gasteiger partial charge in [-0.05, 0) is 51.6 Å². The van der Waals surface area contributed by atoms with E-state index >= 15 is 0 Å². The van der Waals surface area contributed by atoms with Gasteiger partial charge >= 0.3 is 0 Å². The molecule has 0 aromatic heterocycles. The fraction of sp³-hybridized carbons (Fsp3) is 1.00. The van der Waals surface area contributed by atoms with E-state index in [0.717, 1.165) is 26.1 Å². The number of likely N-dealkylation sites (tertiary alicyclic amines) is 1. The van der Waals surface area contributed by atoms with Gasteiger partial charge in [0.25, 0.3) is 0 Å². The maximum Gasteiger partial charge on any atom is 0.0791 e. The van der Waals surface area contributed by atoms with Gasteiger partial charge in [-0.1, -0.05) is 20.8 Å². The lowest BCUT2D eigenvalue weighted by Crippen LogP contribution is -2.47. The number of β-amino-alcohol motifs (C(OH)–C–C–N with tert-alkyl or cyclic N) is 1. The van der Waals surface area contributed by atoms with Gasteiger partial charge in [0, 0.05) is 18.6 Å². The molecule has 3 heteroatoms. The van der Waals surface area contributed by atoms with Crippen LogP contribution in [0.3, 0.4) is 0 Å². The van der Waals surface area contributed by atoms with E-state index < -0.39 is 0 Å². The van der Waals surface area contributed by atoms with Crippen LogP contribution in [0.15, 0.2) is 0 Å². The quantitative estimate of drug-likeness (QED) is 0.765. The Morgan fingerprint density at radius 3 is 2.17 bits per heavy atom. The summed E-state index contributed by atoms with van der Waals surface area (Å²) in [6.45, 7) is 15.1. The Hall–Kier alpha value is -0.120. The van der Waals surface area contributed by atoms with Gasteiger partial charge in [0.1, 0.15) is 0 Å². The highest BCUT2D eigenvalue weighted by molar-refractivity contribution is 4.84. The number of aliphatic hydroxyl groups excluding tert-OH is 1. The number of nitrogens with zero attached hydrogens (tertiary/aromatic N) is 1. The van der Waals surface area contributed by atoms with Crippen molar-refractivity contribution < 1.29 is 5.11 Å². The van der Waals surface area contributed by atoms with Crippen LogP contribution >= 0.6 is 0 Å². The molecule has 1 heterocycles. The molecule has 0 bridgehead atoms. The molecule has 0 spiro atoms. The number of hydrogen-bond acceptors (Lipinski definition) is 3. The van der Waals surface area contributed by atoms with Crippen LogP contribution in [0.1, 0.15) is 53.9 Å². The van der Waals surface area contributed by atoms with Gasteiger partial charge in [-0.3, -0.25) is 0 Å². The first-order chi connectivity index (χ1) is 8.18. The number of aliphatic hydroxyl groups is 1. The van der Waals surface area contributed by atoms with E-state index in [1.807, 2.05) is 0 Å². The topological polar surface area (TPSA) is 35.5 Å². The number of nitrogens with one attached hydrogen (secondary N) is 1. The second kappa shape index (κ2) is 6.36. The van der Waals surface area contributed by atoms with Gasteiger partial charge in [-0.2, -0.15) is 0 Å². The molecule has 1 saturated heterocycles. The molecule has 0 aliphatic carbocycles. The predicted octanol–water partition coefficient (Wildman–Crippen LogP) is 2.25. The van der Waals surface area contributed by atoms with Crippen LogP contribution in [-0.4, -0.2) is 47.8 Å². The Kier molecular flexibility index (Phi) is 5.63. The van der Waals surface area contributed by atoms with Crippen molar-refractivity contribution in [3.63, 3.8) is 0 Å². The SMILES string of the molecule is CC(C)(C)CC(C)(C)NCC(O)CN1CCCC1. The average Bonchev–Trinajstić information content (AvgIpc) is 2.64. The Morgan fingerprint density at radius 1 is 1.11 bits per heavy atom. The summed E-state index contributed by atoms with van der Waals surface area (Å²) in [7, 11) is 0. The van der Waals surface area contributed by atoms with Crippen LogP contribution in [-0.2, 0) is 0 Å². The third kappa shape index (κ3) is 6.72. The van der Waals surface area contributed by atoms with Crippen LogP contribution in [0.2, 0.25) is 0 Å². The molecular formula is C15H32N2O. The van der Waals surface area contributed by atoms with Crippen molar-refractivity contribution in [2.45, 2.75) is 65.5 Å². The van der Waals surface area contributed by atoms with E-state index in [0.29, 0.717) is 12.0 Å². The molecule has 1 aliphatic rings. The van der Waals surface area contributed by atoms with E-state index in [1.54, 1.807) is 0 Å². The second-order valence-corrected chi connectivity index (χ2v) is 7.66. The lowest BCUT2D eigenvalue weighted by Gasteiger charge is -2.34. The molecule has 1 aliphatic heterocycles. The first-order valence-electron chi connectivity index (χ1n) is 7.33. The Labute approximate surface area is 113 Å². The van der Waals surface area contributed by atoms with Crippen LogP contribution < -0.4 is 5.32 Å². The highest BCUT2D eigenvalue weighted by atomic mass is 16.3. The summed E-state index contributed by atoms with van der Waals surface area (Å²) in [5, 5.41) is 13.6. The third-order valence-corrected chi connectivity index (χ3v) is 3.46. The predicted molar refractivity (Wildman–Crippen MR) is 77.8 cm³/mol. The van der Waals surface area contributed by atoms with Crippen molar-refractivity contribution in [2.24, 2.45) is 5.41 Å². The minimum absolute atomic E-state index is 0.0875. The van der Waals surface area contributed by atoms with Gasteiger partial charge < -0.3 is 15.3 Å². The van der Waals surface area contributed by atoms with Crippen molar-refractivity contribution in [1.82, 2.24) is 10.2 Å². The second-order valence-electron chi connectivity index (χ2n) is 7.66. The molecule has 0 saturated carbocycles. The zero-order valence-electron chi connectivity index (χ0n) is 12.9. The summed E-state index contributed by atoms with van der Waals surface area (Å²) in [6, 6.07) is 0. The summed E-state index contributed by atoms with van der Waals surface area (Å²) < 4.78 is 0. The van der Waals surface area contributed by atoms with E-state index in [-0.39, 0.29) is 11.6 Å². The zero-order valence-corrected chi connectivity index (χ0v) is 12.9.